The monoisotopic (exact) mass is 509 g/mol. The average Bonchev–Trinajstić information content (AvgIpc) is 3.34. The zero-order valence-corrected chi connectivity index (χ0v) is 21.8. The van der Waals surface area contributed by atoms with E-state index in [1.54, 1.807) is 0 Å². The third-order valence-corrected chi connectivity index (χ3v) is 6.07. The number of H-pyrrole nitrogens is 1. The number of unbranched alkanes of at least 4 members (excludes halogenated alkanes) is 1. The molecule has 0 bridgehead atoms. The number of carbonyl (C=O) groups is 4. The second-order valence-electron chi connectivity index (χ2n) is 9.63. The van der Waals surface area contributed by atoms with E-state index in [1.165, 1.54) is 12.5 Å². The minimum absolute atomic E-state index is 0.00862. The van der Waals surface area contributed by atoms with E-state index >= 15 is 0 Å². The summed E-state index contributed by atoms with van der Waals surface area (Å²) in [5, 5.41) is 17.5. The highest BCUT2D eigenvalue weighted by Crippen LogP contribution is 2.10. The van der Waals surface area contributed by atoms with Gasteiger partial charge in [-0.3, -0.25) is 14.4 Å². The molecule has 12 nitrogen and oxygen atoms in total. The molecule has 36 heavy (non-hydrogen) atoms. The average molecular weight is 510 g/mol. The van der Waals surface area contributed by atoms with E-state index in [0.717, 1.165) is 0 Å². The molecule has 3 amide bonds. The maximum Gasteiger partial charge on any atom is 0.326 e. The van der Waals surface area contributed by atoms with Crippen LogP contribution in [0.5, 0.6) is 0 Å². The molecule has 0 fully saturated rings. The third-order valence-electron chi connectivity index (χ3n) is 6.07. The molecule has 0 aromatic carbocycles. The van der Waals surface area contributed by atoms with Crippen molar-refractivity contribution in [2.45, 2.75) is 90.4 Å². The number of nitrogens with two attached hydrogens (primary N) is 2. The highest BCUT2D eigenvalue weighted by molar-refractivity contribution is 5.94. The summed E-state index contributed by atoms with van der Waals surface area (Å²) in [6.07, 6.45) is 5.49. The van der Waals surface area contributed by atoms with Crippen molar-refractivity contribution in [2.24, 2.45) is 23.3 Å². The van der Waals surface area contributed by atoms with Crippen LogP contribution in [-0.4, -0.2) is 69.5 Å². The zero-order valence-electron chi connectivity index (χ0n) is 21.8. The molecule has 0 aliphatic rings. The van der Waals surface area contributed by atoms with Crippen LogP contribution in [0, 0.1) is 11.8 Å². The summed E-state index contributed by atoms with van der Waals surface area (Å²) >= 11 is 0. The van der Waals surface area contributed by atoms with Gasteiger partial charge in [-0.15, -0.1) is 0 Å². The number of imidazole rings is 1. The summed E-state index contributed by atoms with van der Waals surface area (Å²) in [6, 6.07) is -3.87. The van der Waals surface area contributed by atoms with Crippen molar-refractivity contribution < 1.29 is 24.3 Å². The predicted octanol–water partition coefficient (Wildman–Crippen LogP) is 0.0397. The Morgan fingerprint density at radius 3 is 2.14 bits per heavy atom. The van der Waals surface area contributed by atoms with Gasteiger partial charge < -0.3 is 37.5 Å². The number of hydrogen-bond donors (Lipinski definition) is 7. The number of nitrogens with zero attached hydrogens (tertiary/aromatic N) is 1. The van der Waals surface area contributed by atoms with Gasteiger partial charge in [0.15, 0.2) is 0 Å². The van der Waals surface area contributed by atoms with E-state index in [-0.39, 0.29) is 24.7 Å². The van der Waals surface area contributed by atoms with Crippen molar-refractivity contribution in [1.82, 2.24) is 25.9 Å². The fourth-order valence-electron chi connectivity index (χ4n) is 3.61. The molecule has 12 heteroatoms. The van der Waals surface area contributed by atoms with E-state index in [2.05, 4.69) is 25.9 Å². The van der Waals surface area contributed by atoms with Crippen LogP contribution in [0.25, 0.3) is 0 Å². The summed E-state index contributed by atoms with van der Waals surface area (Å²) < 4.78 is 0. The molecular weight excluding hydrogens is 466 g/mol. The number of aliphatic carboxylic acids is 1. The second-order valence-corrected chi connectivity index (χ2v) is 9.63. The van der Waals surface area contributed by atoms with Crippen LogP contribution < -0.4 is 27.4 Å². The first-order chi connectivity index (χ1) is 17.0. The summed E-state index contributed by atoms with van der Waals surface area (Å²) in [4.78, 5) is 57.3. The molecule has 0 radical (unpaired) electrons. The molecule has 9 N–H and O–H groups in total. The van der Waals surface area contributed by atoms with Gasteiger partial charge in [0.1, 0.15) is 18.1 Å². The number of rotatable bonds is 17. The second kappa shape index (κ2) is 15.9. The molecule has 5 atom stereocenters. The number of hydrogen-bond acceptors (Lipinski definition) is 7. The molecule has 0 spiro atoms. The van der Waals surface area contributed by atoms with Crippen molar-refractivity contribution in [3.8, 4) is 0 Å². The molecule has 204 valence electrons. The van der Waals surface area contributed by atoms with Crippen LogP contribution in [0.15, 0.2) is 12.5 Å². The Morgan fingerprint density at radius 1 is 1.00 bits per heavy atom. The SMILES string of the molecule is CCC(C)C(N)C(=O)NC(CCCCN)C(=O)NC(CC(C)C)C(=O)NC(Cc1cnc[nH]1)C(=O)O. The van der Waals surface area contributed by atoms with Gasteiger partial charge in [0.2, 0.25) is 17.7 Å². The van der Waals surface area contributed by atoms with Gasteiger partial charge in [0.05, 0.1) is 12.4 Å². The van der Waals surface area contributed by atoms with Gasteiger partial charge in [0.25, 0.3) is 0 Å². The van der Waals surface area contributed by atoms with Crippen molar-refractivity contribution in [1.29, 1.82) is 0 Å². The molecule has 0 aliphatic carbocycles. The minimum atomic E-state index is -1.21. The van der Waals surface area contributed by atoms with E-state index in [9.17, 15) is 24.3 Å². The predicted molar refractivity (Wildman–Crippen MR) is 136 cm³/mol. The topological polar surface area (TPSA) is 205 Å². The molecule has 0 aliphatic heterocycles. The number of carbonyl (C=O) groups excluding carboxylic acids is 3. The number of nitrogens with one attached hydrogen (secondary N) is 4. The van der Waals surface area contributed by atoms with E-state index in [0.29, 0.717) is 37.9 Å². The van der Waals surface area contributed by atoms with Gasteiger partial charge in [-0.2, -0.15) is 0 Å². The van der Waals surface area contributed by atoms with Gasteiger partial charge >= 0.3 is 5.97 Å². The van der Waals surface area contributed by atoms with Gasteiger partial charge in [-0.05, 0) is 44.1 Å². The number of amides is 3. The molecule has 1 aromatic heterocycles. The number of carboxylic acids is 1. The summed E-state index contributed by atoms with van der Waals surface area (Å²) in [5.74, 6) is -2.84. The molecule has 1 rings (SSSR count). The smallest absolute Gasteiger partial charge is 0.326 e. The first-order valence-electron chi connectivity index (χ1n) is 12.6. The summed E-state index contributed by atoms with van der Waals surface area (Å²) in [7, 11) is 0. The minimum Gasteiger partial charge on any atom is -0.480 e. The fourth-order valence-corrected chi connectivity index (χ4v) is 3.61. The third kappa shape index (κ3) is 10.7. The zero-order chi connectivity index (χ0) is 27.3. The first-order valence-corrected chi connectivity index (χ1v) is 12.6. The molecule has 1 aromatic rings. The maximum absolute atomic E-state index is 13.2. The number of aromatic nitrogens is 2. The Labute approximate surface area is 212 Å². The molecule has 5 unspecified atom stereocenters. The Hall–Kier alpha value is -2.99. The van der Waals surface area contributed by atoms with Crippen molar-refractivity contribution >= 4 is 23.7 Å². The van der Waals surface area contributed by atoms with Crippen LogP contribution >= 0.6 is 0 Å². The lowest BCUT2D eigenvalue weighted by Crippen LogP contribution is -2.58. The highest BCUT2D eigenvalue weighted by Gasteiger charge is 2.31. The maximum atomic E-state index is 13.2. The highest BCUT2D eigenvalue weighted by atomic mass is 16.4. The summed E-state index contributed by atoms with van der Waals surface area (Å²) in [5.41, 5.74) is 12.2. The Balaban J connectivity index is 2.99. The quantitative estimate of drug-likeness (QED) is 0.142. The summed E-state index contributed by atoms with van der Waals surface area (Å²) in [6.45, 7) is 8.00. The van der Waals surface area contributed by atoms with Crippen LogP contribution in [0.4, 0.5) is 0 Å². The lowest BCUT2D eigenvalue weighted by atomic mass is 9.98. The number of carboxylic acid groups (broad SMARTS) is 1. The van der Waals surface area contributed by atoms with Crippen LogP contribution in [0.3, 0.4) is 0 Å². The molecule has 0 saturated carbocycles. The van der Waals surface area contributed by atoms with E-state index in [4.69, 9.17) is 11.5 Å². The van der Waals surface area contributed by atoms with Gasteiger partial charge in [-0.25, -0.2) is 9.78 Å². The fraction of sp³-hybridized carbons (Fsp3) is 0.708. The Bertz CT molecular complexity index is 831. The lowest BCUT2D eigenvalue weighted by Gasteiger charge is -2.27. The normalized spacial score (nSPS) is 15.4. The number of aromatic amines is 1. The van der Waals surface area contributed by atoms with Crippen molar-refractivity contribution in [3.05, 3.63) is 18.2 Å². The van der Waals surface area contributed by atoms with Crippen molar-refractivity contribution in [2.75, 3.05) is 6.54 Å². The van der Waals surface area contributed by atoms with Gasteiger partial charge in [-0.1, -0.05) is 34.1 Å². The van der Waals surface area contributed by atoms with Crippen molar-refractivity contribution in [3.63, 3.8) is 0 Å². The van der Waals surface area contributed by atoms with E-state index < -0.39 is 47.9 Å². The standard InChI is InChI=1S/C24H43N7O5/c1-5-15(4)20(26)23(34)29-17(8-6-7-9-25)21(32)30-18(10-14(2)3)22(33)31-19(24(35)36)11-16-12-27-13-28-16/h12-15,17-20H,5-11,25-26H2,1-4H3,(H,27,28)(H,29,34)(H,30,32)(H,31,33)(H,35,36). The van der Waals surface area contributed by atoms with Crippen LogP contribution in [0.2, 0.25) is 0 Å². The first kappa shape index (κ1) is 31.0. The Kier molecular flexibility index (Phi) is 13.7. The van der Waals surface area contributed by atoms with Gasteiger partial charge in [0, 0.05) is 18.3 Å². The largest absolute Gasteiger partial charge is 0.480 e. The van der Waals surface area contributed by atoms with Crippen LogP contribution in [0.1, 0.15) is 65.5 Å². The lowest BCUT2D eigenvalue weighted by molar-refractivity contribution is -0.142. The van der Waals surface area contributed by atoms with E-state index in [1.807, 2.05) is 27.7 Å². The molecular formula is C24H43N7O5. The molecule has 0 saturated heterocycles. The Morgan fingerprint density at radius 2 is 1.61 bits per heavy atom. The van der Waals surface area contributed by atoms with Crippen LogP contribution in [-0.2, 0) is 25.6 Å². The molecule has 1 heterocycles.